The standard InChI is InChI=1S/C12H10ClNS/c1-9-2-7-12(15)14(8-9)11-5-3-10(13)4-6-11/h2-8H,1H3. The zero-order valence-electron chi connectivity index (χ0n) is 8.27. The Kier molecular flexibility index (Phi) is 2.89. The highest BCUT2D eigenvalue weighted by Gasteiger charge is 1.97. The fourth-order valence-electron chi connectivity index (χ4n) is 1.40. The predicted molar refractivity (Wildman–Crippen MR) is 66.4 cm³/mol. The molecule has 15 heavy (non-hydrogen) atoms. The Morgan fingerprint density at radius 3 is 2.40 bits per heavy atom. The molecule has 0 spiro atoms. The summed E-state index contributed by atoms with van der Waals surface area (Å²) >= 11 is 11.1. The van der Waals surface area contributed by atoms with E-state index < -0.39 is 0 Å². The molecule has 2 rings (SSSR count). The Morgan fingerprint density at radius 2 is 1.73 bits per heavy atom. The van der Waals surface area contributed by atoms with Crippen molar-refractivity contribution in [2.75, 3.05) is 0 Å². The van der Waals surface area contributed by atoms with Crippen LogP contribution in [0.15, 0.2) is 42.6 Å². The average molecular weight is 236 g/mol. The van der Waals surface area contributed by atoms with Crippen molar-refractivity contribution in [1.29, 1.82) is 0 Å². The first-order valence-corrected chi connectivity index (χ1v) is 5.41. The van der Waals surface area contributed by atoms with Crippen LogP contribution in [0.4, 0.5) is 0 Å². The van der Waals surface area contributed by atoms with Gasteiger partial charge in [-0.25, -0.2) is 0 Å². The lowest BCUT2D eigenvalue weighted by atomic mass is 10.3. The van der Waals surface area contributed by atoms with E-state index in [0.29, 0.717) is 0 Å². The van der Waals surface area contributed by atoms with Crippen molar-refractivity contribution < 1.29 is 0 Å². The summed E-state index contributed by atoms with van der Waals surface area (Å²) in [7, 11) is 0. The van der Waals surface area contributed by atoms with Gasteiger partial charge in [-0.05, 0) is 42.8 Å². The van der Waals surface area contributed by atoms with Crippen LogP contribution in [0.25, 0.3) is 5.69 Å². The van der Waals surface area contributed by atoms with Gasteiger partial charge >= 0.3 is 0 Å². The van der Waals surface area contributed by atoms with Crippen LogP contribution in [0.3, 0.4) is 0 Å². The second-order valence-corrected chi connectivity index (χ2v) is 4.25. The summed E-state index contributed by atoms with van der Waals surface area (Å²) in [6.07, 6.45) is 2.02. The molecule has 0 atom stereocenters. The molecule has 0 fully saturated rings. The highest BCUT2D eigenvalue weighted by molar-refractivity contribution is 7.71. The first-order chi connectivity index (χ1) is 7.16. The van der Waals surface area contributed by atoms with Crippen LogP contribution in [-0.2, 0) is 0 Å². The maximum absolute atomic E-state index is 5.83. The molecule has 0 unspecified atom stereocenters. The van der Waals surface area contributed by atoms with Crippen molar-refractivity contribution >= 4 is 23.8 Å². The molecule has 1 aromatic carbocycles. The molecule has 0 saturated carbocycles. The molecule has 2 aromatic rings. The van der Waals surface area contributed by atoms with E-state index >= 15 is 0 Å². The lowest BCUT2D eigenvalue weighted by Crippen LogP contribution is -1.96. The molecule has 0 aliphatic heterocycles. The number of aromatic nitrogens is 1. The number of benzene rings is 1. The SMILES string of the molecule is Cc1ccc(=S)n(-c2ccc(Cl)cc2)c1. The number of nitrogens with zero attached hydrogens (tertiary/aromatic N) is 1. The molecule has 1 nitrogen and oxygen atoms in total. The highest BCUT2D eigenvalue weighted by atomic mass is 35.5. The van der Waals surface area contributed by atoms with E-state index in [9.17, 15) is 0 Å². The fourth-order valence-corrected chi connectivity index (χ4v) is 1.75. The van der Waals surface area contributed by atoms with Gasteiger partial charge in [-0.2, -0.15) is 0 Å². The van der Waals surface area contributed by atoms with Crippen LogP contribution in [0.1, 0.15) is 5.56 Å². The van der Waals surface area contributed by atoms with Crippen LogP contribution in [0, 0.1) is 11.6 Å². The molecule has 76 valence electrons. The van der Waals surface area contributed by atoms with Crippen molar-refractivity contribution in [2.24, 2.45) is 0 Å². The van der Waals surface area contributed by atoms with E-state index in [4.69, 9.17) is 23.8 Å². The minimum Gasteiger partial charge on any atom is -0.308 e. The molecule has 1 heterocycles. The Hall–Kier alpha value is -1.12. The van der Waals surface area contributed by atoms with Gasteiger partial charge in [0.2, 0.25) is 0 Å². The Morgan fingerprint density at radius 1 is 1.07 bits per heavy atom. The van der Waals surface area contributed by atoms with Gasteiger partial charge in [0.25, 0.3) is 0 Å². The van der Waals surface area contributed by atoms with Gasteiger partial charge in [0.05, 0.1) is 0 Å². The summed E-state index contributed by atoms with van der Waals surface area (Å²) in [5.41, 5.74) is 2.21. The second-order valence-electron chi connectivity index (χ2n) is 3.39. The van der Waals surface area contributed by atoms with Gasteiger partial charge in [0.15, 0.2) is 0 Å². The Labute approximate surface area is 98.9 Å². The highest BCUT2D eigenvalue weighted by Crippen LogP contribution is 2.14. The molecule has 0 aliphatic carbocycles. The molecular formula is C12H10ClNS. The molecule has 0 amide bonds. The molecular weight excluding hydrogens is 226 g/mol. The summed E-state index contributed by atoms with van der Waals surface area (Å²) in [5, 5.41) is 0.734. The minimum absolute atomic E-state index is 0.734. The normalized spacial score (nSPS) is 10.3. The third-order valence-corrected chi connectivity index (χ3v) is 2.75. The van der Waals surface area contributed by atoms with Gasteiger partial charge < -0.3 is 4.57 Å². The van der Waals surface area contributed by atoms with Crippen molar-refractivity contribution in [1.82, 2.24) is 4.57 Å². The fraction of sp³-hybridized carbons (Fsp3) is 0.0833. The van der Waals surface area contributed by atoms with Crippen LogP contribution >= 0.6 is 23.8 Å². The maximum Gasteiger partial charge on any atom is 0.110 e. The van der Waals surface area contributed by atoms with E-state index in [1.165, 1.54) is 5.56 Å². The van der Waals surface area contributed by atoms with Crippen LogP contribution in [0.2, 0.25) is 5.02 Å². The molecule has 0 N–H and O–H groups in total. The lowest BCUT2D eigenvalue weighted by Gasteiger charge is -2.07. The zero-order chi connectivity index (χ0) is 10.8. The van der Waals surface area contributed by atoms with Crippen LogP contribution in [0.5, 0.6) is 0 Å². The number of pyridine rings is 1. The number of rotatable bonds is 1. The average Bonchev–Trinajstić information content (AvgIpc) is 2.23. The number of hydrogen-bond donors (Lipinski definition) is 0. The molecule has 0 radical (unpaired) electrons. The minimum atomic E-state index is 0.734. The predicted octanol–water partition coefficient (Wildman–Crippen LogP) is 4.17. The molecule has 0 aliphatic rings. The van der Waals surface area contributed by atoms with Crippen molar-refractivity contribution in [3.8, 4) is 5.69 Å². The zero-order valence-corrected chi connectivity index (χ0v) is 9.85. The molecule has 1 aromatic heterocycles. The third kappa shape index (κ3) is 2.28. The van der Waals surface area contributed by atoms with E-state index in [-0.39, 0.29) is 0 Å². The Bertz CT molecular complexity index is 528. The lowest BCUT2D eigenvalue weighted by molar-refractivity contribution is 1.01. The van der Waals surface area contributed by atoms with E-state index in [1.54, 1.807) is 0 Å². The van der Waals surface area contributed by atoms with Crippen molar-refractivity contribution in [3.63, 3.8) is 0 Å². The number of halogens is 1. The van der Waals surface area contributed by atoms with Crippen LogP contribution < -0.4 is 0 Å². The molecule has 0 bridgehead atoms. The van der Waals surface area contributed by atoms with E-state index in [0.717, 1.165) is 15.4 Å². The quantitative estimate of drug-likeness (QED) is 0.672. The summed E-state index contributed by atoms with van der Waals surface area (Å²) in [6.45, 7) is 2.04. The monoisotopic (exact) mass is 235 g/mol. The number of hydrogen-bond acceptors (Lipinski definition) is 1. The summed E-state index contributed by atoms with van der Waals surface area (Å²) in [6, 6.07) is 11.6. The van der Waals surface area contributed by atoms with E-state index in [1.807, 2.05) is 54.1 Å². The smallest absolute Gasteiger partial charge is 0.110 e. The van der Waals surface area contributed by atoms with Crippen molar-refractivity contribution in [2.45, 2.75) is 6.92 Å². The molecule has 3 heteroatoms. The van der Waals surface area contributed by atoms with Crippen molar-refractivity contribution in [3.05, 3.63) is 57.8 Å². The first kappa shape index (κ1) is 10.4. The van der Waals surface area contributed by atoms with Gasteiger partial charge in [0, 0.05) is 16.9 Å². The maximum atomic E-state index is 5.83. The van der Waals surface area contributed by atoms with Gasteiger partial charge in [-0.15, -0.1) is 0 Å². The van der Waals surface area contributed by atoms with Gasteiger partial charge in [-0.1, -0.05) is 29.9 Å². The molecule has 0 saturated heterocycles. The summed E-state index contributed by atoms with van der Waals surface area (Å²) < 4.78 is 2.77. The second kappa shape index (κ2) is 4.17. The van der Waals surface area contributed by atoms with Crippen LogP contribution in [-0.4, -0.2) is 4.57 Å². The summed E-state index contributed by atoms with van der Waals surface area (Å²) in [4.78, 5) is 0. The van der Waals surface area contributed by atoms with Gasteiger partial charge in [-0.3, -0.25) is 0 Å². The largest absolute Gasteiger partial charge is 0.308 e. The van der Waals surface area contributed by atoms with E-state index in [2.05, 4.69) is 0 Å². The topological polar surface area (TPSA) is 4.93 Å². The Balaban J connectivity index is 2.58. The summed E-state index contributed by atoms with van der Waals surface area (Å²) in [5.74, 6) is 0. The number of aryl methyl sites for hydroxylation is 1. The van der Waals surface area contributed by atoms with Gasteiger partial charge in [0.1, 0.15) is 4.64 Å². The third-order valence-electron chi connectivity index (χ3n) is 2.16. The first-order valence-electron chi connectivity index (χ1n) is 4.62.